The Kier molecular flexibility index (Phi) is 6.14. The molecular weight excluding hydrogens is 458 g/mol. The molecule has 10 heteroatoms. The van der Waals surface area contributed by atoms with Crippen LogP contribution in [-0.2, 0) is 4.74 Å². The number of hydrogen-bond acceptors (Lipinski definition) is 4. The lowest BCUT2D eigenvalue weighted by Gasteiger charge is -2.20. The SMILES string of the molecule is O=C(Nc1cc(C(=O)O)ccc1OC(F)(F)C(F)F)OCC1c2ccccc2-c2ccccc21. The van der Waals surface area contributed by atoms with Gasteiger partial charge in [0.25, 0.3) is 0 Å². The molecule has 1 aliphatic carbocycles. The van der Waals surface area contributed by atoms with Crippen molar-refractivity contribution < 1.29 is 41.7 Å². The third-order valence-corrected chi connectivity index (χ3v) is 5.31. The number of fused-ring (bicyclic) bond motifs is 3. The molecule has 0 aliphatic heterocycles. The second kappa shape index (κ2) is 9.05. The van der Waals surface area contributed by atoms with Crippen LogP contribution in [0.25, 0.3) is 11.1 Å². The van der Waals surface area contributed by atoms with E-state index in [4.69, 9.17) is 9.84 Å². The fourth-order valence-corrected chi connectivity index (χ4v) is 3.79. The van der Waals surface area contributed by atoms with E-state index < -0.39 is 36.0 Å². The van der Waals surface area contributed by atoms with Gasteiger partial charge in [0, 0.05) is 5.92 Å². The van der Waals surface area contributed by atoms with Crippen LogP contribution in [0.15, 0.2) is 66.7 Å². The highest BCUT2D eigenvalue weighted by molar-refractivity contribution is 5.93. The predicted octanol–water partition coefficient (Wildman–Crippen LogP) is 5.98. The summed E-state index contributed by atoms with van der Waals surface area (Å²) in [6.45, 7) is -0.109. The Balaban J connectivity index is 1.53. The molecule has 0 saturated heterocycles. The first-order chi connectivity index (χ1) is 16.2. The van der Waals surface area contributed by atoms with Gasteiger partial charge in [0.1, 0.15) is 12.4 Å². The second-order valence-corrected chi connectivity index (χ2v) is 7.43. The van der Waals surface area contributed by atoms with Gasteiger partial charge >= 0.3 is 24.6 Å². The van der Waals surface area contributed by atoms with Crippen molar-refractivity contribution in [3.05, 3.63) is 83.4 Å². The average molecular weight is 475 g/mol. The number of aromatic carboxylic acids is 1. The van der Waals surface area contributed by atoms with Crippen molar-refractivity contribution in [1.29, 1.82) is 0 Å². The van der Waals surface area contributed by atoms with E-state index in [0.717, 1.165) is 40.5 Å². The number of carbonyl (C=O) groups is 2. The number of rotatable bonds is 7. The second-order valence-electron chi connectivity index (χ2n) is 7.43. The molecule has 0 atom stereocenters. The first-order valence-corrected chi connectivity index (χ1v) is 10.0. The van der Waals surface area contributed by atoms with Crippen LogP contribution in [0, 0.1) is 0 Å². The van der Waals surface area contributed by atoms with Crippen molar-refractivity contribution in [2.45, 2.75) is 18.5 Å². The molecule has 2 N–H and O–H groups in total. The van der Waals surface area contributed by atoms with E-state index in [1.807, 2.05) is 48.5 Å². The summed E-state index contributed by atoms with van der Waals surface area (Å²) in [6, 6.07) is 17.6. The molecule has 0 bridgehead atoms. The molecule has 0 fully saturated rings. The average Bonchev–Trinajstić information content (AvgIpc) is 3.12. The summed E-state index contributed by atoms with van der Waals surface area (Å²) in [5.74, 6) is -2.56. The van der Waals surface area contributed by atoms with Crippen LogP contribution in [0.5, 0.6) is 5.75 Å². The number of amides is 1. The van der Waals surface area contributed by atoms with Gasteiger partial charge in [-0.25, -0.2) is 9.59 Å². The van der Waals surface area contributed by atoms with Gasteiger partial charge in [0.2, 0.25) is 0 Å². The molecule has 1 amide bonds. The molecule has 3 aromatic carbocycles. The van der Waals surface area contributed by atoms with E-state index in [-0.39, 0.29) is 18.1 Å². The van der Waals surface area contributed by atoms with Crippen LogP contribution >= 0.6 is 0 Å². The predicted molar refractivity (Wildman–Crippen MR) is 114 cm³/mol. The van der Waals surface area contributed by atoms with Crippen LogP contribution < -0.4 is 10.1 Å². The van der Waals surface area contributed by atoms with E-state index in [9.17, 15) is 27.2 Å². The number of halogens is 4. The number of anilines is 1. The number of ether oxygens (including phenoxy) is 2. The first-order valence-electron chi connectivity index (χ1n) is 10.0. The standard InChI is InChI=1S/C24H17F4NO5/c25-22(26)24(27,28)34-20-10-9-13(21(30)31)11-19(20)29-23(32)33-12-18-16-7-3-1-5-14(16)15-6-2-4-8-17(15)18/h1-11,18,22H,12H2,(H,29,32)(H,30,31). The summed E-state index contributed by atoms with van der Waals surface area (Å²) >= 11 is 0. The van der Waals surface area contributed by atoms with Crippen LogP contribution in [0.4, 0.5) is 28.0 Å². The Hall–Kier alpha value is -4.08. The molecule has 1 aliphatic rings. The molecule has 0 heterocycles. The topological polar surface area (TPSA) is 84.9 Å². The number of hydrogen-bond donors (Lipinski definition) is 2. The monoisotopic (exact) mass is 475 g/mol. The fraction of sp³-hybridized carbons (Fsp3) is 0.167. The molecule has 0 saturated carbocycles. The Labute approximate surface area is 190 Å². The maximum atomic E-state index is 13.4. The summed E-state index contributed by atoms with van der Waals surface area (Å²) in [6.07, 6.45) is -10.1. The summed E-state index contributed by atoms with van der Waals surface area (Å²) in [7, 11) is 0. The smallest absolute Gasteiger partial charge is 0.461 e. The third kappa shape index (κ3) is 4.52. The normalized spacial score (nSPS) is 12.7. The van der Waals surface area contributed by atoms with Gasteiger partial charge in [0.05, 0.1) is 11.3 Å². The highest BCUT2D eigenvalue weighted by atomic mass is 19.3. The molecule has 0 radical (unpaired) electrons. The van der Waals surface area contributed by atoms with Crippen molar-refractivity contribution in [3.63, 3.8) is 0 Å². The van der Waals surface area contributed by atoms with Crippen LogP contribution in [-0.4, -0.2) is 36.3 Å². The lowest BCUT2D eigenvalue weighted by molar-refractivity contribution is -0.252. The third-order valence-electron chi connectivity index (χ3n) is 5.31. The van der Waals surface area contributed by atoms with Crippen LogP contribution in [0.1, 0.15) is 27.4 Å². The summed E-state index contributed by atoms with van der Waals surface area (Å²) in [5, 5.41) is 11.2. The quantitative estimate of drug-likeness (QED) is 0.411. The van der Waals surface area contributed by atoms with Gasteiger partial charge in [-0.1, -0.05) is 48.5 Å². The van der Waals surface area contributed by atoms with Gasteiger partial charge in [-0.3, -0.25) is 5.32 Å². The number of benzene rings is 3. The Morgan fingerprint density at radius 1 is 0.971 bits per heavy atom. The van der Waals surface area contributed by atoms with E-state index in [1.165, 1.54) is 0 Å². The maximum Gasteiger partial charge on any atom is 0.461 e. The van der Waals surface area contributed by atoms with Crippen molar-refractivity contribution in [2.24, 2.45) is 0 Å². The molecule has 176 valence electrons. The number of carbonyl (C=O) groups excluding carboxylic acids is 1. The van der Waals surface area contributed by atoms with Gasteiger partial charge in [-0.05, 0) is 40.5 Å². The van der Waals surface area contributed by atoms with Gasteiger partial charge < -0.3 is 14.6 Å². The van der Waals surface area contributed by atoms with Gasteiger partial charge in [-0.2, -0.15) is 17.6 Å². The minimum atomic E-state index is -4.86. The van der Waals surface area contributed by atoms with E-state index in [2.05, 4.69) is 10.1 Å². The van der Waals surface area contributed by atoms with Crippen molar-refractivity contribution in [3.8, 4) is 16.9 Å². The first kappa shape index (κ1) is 23.1. The molecule has 34 heavy (non-hydrogen) atoms. The molecule has 6 nitrogen and oxygen atoms in total. The number of carboxylic acid groups (broad SMARTS) is 1. The molecular formula is C24H17F4NO5. The molecule has 0 aromatic heterocycles. The molecule has 0 spiro atoms. The Morgan fingerprint density at radius 3 is 2.12 bits per heavy atom. The van der Waals surface area contributed by atoms with E-state index in [0.29, 0.717) is 0 Å². The number of carboxylic acids is 1. The minimum absolute atomic E-state index is 0.109. The summed E-state index contributed by atoms with van der Waals surface area (Å²) in [5.41, 5.74) is 2.91. The maximum absolute atomic E-state index is 13.4. The van der Waals surface area contributed by atoms with Crippen LogP contribution in [0.2, 0.25) is 0 Å². The summed E-state index contributed by atoms with van der Waals surface area (Å²) in [4.78, 5) is 23.7. The zero-order valence-electron chi connectivity index (χ0n) is 17.3. The number of nitrogens with one attached hydrogen (secondary N) is 1. The zero-order valence-corrected chi connectivity index (χ0v) is 17.3. The fourth-order valence-electron chi connectivity index (χ4n) is 3.79. The summed E-state index contributed by atoms with van der Waals surface area (Å²) < 4.78 is 61.3. The molecule has 0 unspecified atom stereocenters. The Morgan fingerprint density at radius 2 is 1.56 bits per heavy atom. The minimum Gasteiger partial charge on any atom is -0.478 e. The van der Waals surface area contributed by atoms with Crippen molar-refractivity contribution >= 4 is 17.7 Å². The molecule has 3 aromatic rings. The van der Waals surface area contributed by atoms with Gasteiger partial charge in [0.15, 0.2) is 0 Å². The van der Waals surface area contributed by atoms with Crippen molar-refractivity contribution in [1.82, 2.24) is 0 Å². The largest absolute Gasteiger partial charge is 0.478 e. The highest BCUT2D eigenvalue weighted by Gasteiger charge is 2.44. The zero-order chi connectivity index (χ0) is 24.5. The Bertz CT molecular complexity index is 1200. The number of alkyl halides is 4. The van der Waals surface area contributed by atoms with Gasteiger partial charge in [-0.15, -0.1) is 0 Å². The lowest BCUT2D eigenvalue weighted by Crippen LogP contribution is -2.34. The highest BCUT2D eigenvalue weighted by Crippen LogP contribution is 2.44. The lowest BCUT2D eigenvalue weighted by atomic mass is 9.98. The van der Waals surface area contributed by atoms with Crippen LogP contribution in [0.3, 0.4) is 0 Å². The molecule has 4 rings (SSSR count). The van der Waals surface area contributed by atoms with E-state index in [1.54, 1.807) is 0 Å². The van der Waals surface area contributed by atoms with Crippen molar-refractivity contribution in [2.75, 3.05) is 11.9 Å². The van der Waals surface area contributed by atoms with E-state index >= 15 is 0 Å².